The molecule has 6 nitrogen and oxygen atoms in total. The van der Waals surface area contributed by atoms with Crippen LogP contribution in [0.25, 0.3) is 0 Å². The molecule has 1 amide bonds. The summed E-state index contributed by atoms with van der Waals surface area (Å²) in [5.41, 5.74) is 0.368. The standard InChI is InChI=1S/C16H26N4O2/c1-3-13(4-2)15(20-7-9-22-10-8-20)12-19-16(21)14-11-17-5-6-18-14/h5-6,11,13,15H,3-4,7-10,12H2,1-2H3,(H,19,21). The second kappa shape index (κ2) is 8.80. The average Bonchev–Trinajstić information content (AvgIpc) is 2.60. The number of nitrogens with zero attached hydrogens (tertiary/aromatic N) is 3. The van der Waals surface area contributed by atoms with E-state index in [9.17, 15) is 4.79 Å². The smallest absolute Gasteiger partial charge is 0.271 e. The summed E-state index contributed by atoms with van der Waals surface area (Å²) in [6.45, 7) is 8.48. The summed E-state index contributed by atoms with van der Waals surface area (Å²) >= 11 is 0. The van der Waals surface area contributed by atoms with Crippen LogP contribution >= 0.6 is 0 Å². The van der Waals surface area contributed by atoms with Gasteiger partial charge in [-0.25, -0.2) is 4.98 Å². The molecule has 2 heterocycles. The minimum Gasteiger partial charge on any atom is -0.379 e. The molecule has 1 unspecified atom stereocenters. The van der Waals surface area contributed by atoms with Gasteiger partial charge >= 0.3 is 0 Å². The highest BCUT2D eigenvalue weighted by Crippen LogP contribution is 2.19. The van der Waals surface area contributed by atoms with Gasteiger partial charge in [0, 0.05) is 38.1 Å². The zero-order valence-corrected chi connectivity index (χ0v) is 13.5. The van der Waals surface area contributed by atoms with Gasteiger partial charge < -0.3 is 10.1 Å². The van der Waals surface area contributed by atoms with Crippen molar-refractivity contribution in [3.8, 4) is 0 Å². The number of carbonyl (C=O) groups is 1. The first kappa shape index (κ1) is 16.8. The van der Waals surface area contributed by atoms with Crippen LogP contribution in [0, 0.1) is 5.92 Å². The van der Waals surface area contributed by atoms with Crippen molar-refractivity contribution in [1.82, 2.24) is 20.2 Å². The van der Waals surface area contributed by atoms with E-state index < -0.39 is 0 Å². The molecule has 0 aromatic carbocycles. The van der Waals surface area contributed by atoms with Gasteiger partial charge in [-0.05, 0) is 5.92 Å². The number of amides is 1. The lowest BCUT2D eigenvalue weighted by Gasteiger charge is -2.38. The maximum absolute atomic E-state index is 12.2. The lowest BCUT2D eigenvalue weighted by atomic mass is 9.92. The van der Waals surface area contributed by atoms with Gasteiger partial charge in [-0.15, -0.1) is 0 Å². The van der Waals surface area contributed by atoms with E-state index in [1.807, 2.05) is 0 Å². The summed E-state index contributed by atoms with van der Waals surface area (Å²) < 4.78 is 5.44. The molecule has 1 N–H and O–H groups in total. The number of carbonyl (C=O) groups excluding carboxylic acids is 1. The highest BCUT2D eigenvalue weighted by molar-refractivity contribution is 5.91. The Labute approximate surface area is 132 Å². The maximum atomic E-state index is 12.2. The zero-order chi connectivity index (χ0) is 15.8. The van der Waals surface area contributed by atoms with E-state index in [1.165, 1.54) is 12.4 Å². The third kappa shape index (κ3) is 4.48. The van der Waals surface area contributed by atoms with Gasteiger partial charge in [-0.3, -0.25) is 14.7 Å². The van der Waals surface area contributed by atoms with E-state index in [0.717, 1.165) is 39.1 Å². The van der Waals surface area contributed by atoms with Crippen molar-refractivity contribution in [1.29, 1.82) is 0 Å². The summed E-state index contributed by atoms with van der Waals surface area (Å²) in [6, 6.07) is 0.347. The Hall–Kier alpha value is -1.53. The van der Waals surface area contributed by atoms with E-state index in [-0.39, 0.29) is 5.91 Å². The first-order chi connectivity index (χ1) is 10.8. The minimum atomic E-state index is -0.155. The van der Waals surface area contributed by atoms with E-state index in [2.05, 4.69) is 34.0 Å². The molecular weight excluding hydrogens is 280 g/mol. The minimum absolute atomic E-state index is 0.155. The van der Waals surface area contributed by atoms with Crippen LogP contribution in [0.15, 0.2) is 18.6 Å². The van der Waals surface area contributed by atoms with Gasteiger partial charge in [0.15, 0.2) is 0 Å². The molecule has 1 aliphatic heterocycles. The molecule has 2 rings (SSSR count). The highest BCUT2D eigenvalue weighted by Gasteiger charge is 2.27. The molecule has 1 aliphatic rings. The molecule has 122 valence electrons. The van der Waals surface area contributed by atoms with E-state index in [0.29, 0.717) is 24.2 Å². The normalized spacial score (nSPS) is 17.4. The molecule has 0 radical (unpaired) electrons. The van der Waals surface area contributed by atoms with Crippen molar-refractivity contribution in [3.63, 3.8) is 0 Å². The third-order valence-electron chi connectivity index (χ3n) is 4.38. The van der Waals surface area contributed by atoms with Crippen molar-refractivity contribution >= 4 is 5.91 Å². The number of nitrogens with one attached hydrogen (secondary N) is 1. The number of rotatable bonds is 7. The van der Waals surface area contributed by atoms with Gasteiger partial charge in [0.2, 0.25) is 0 Å². The Bertz CT molecular complexity index is 445. The lowest BCUT2D eigenvalue weighted by Crippen LogP contribution is -2.52. The van der Waals surface area contributed by atoms with Crippen molar-refractivity contribution < 1.29 is 9.53 Å². The van der Waals surface area contributed by atoms with Crippen molar-refractivity contribution in [2.45, 2.75) is 32.7 Å². The zero-order valence-electron chi connectivity index (χ0n) is 13.5. The molecule has 1 fully saturated rings. The molecular formula is C16H26N4O2. The molecule has 1 atom stereocenters. The molecule has 0 spiro atoms. The monoisotopic (exact) mass is 306 g/mol. The van der Waals surface area contributed by atoms with Gasteiger partial charge in [0.1, 0.15) is 5.69 Å². The highest BCUT2D eigenvalue weighted by atomic mass is 16.5. The topological polar surface area (TPSA) is 67.4 Å². The van der Waals surface area contributed by atoms with Crippen LogP contribution in [0.4, 0.5) is 0 Å². The summed E-state index contributed by atoms with van der Waals surface area (Å²) in [5.74, 6) is 0.414. The molecule has 1 aromatic heterocycles. The Morgan fingerprint density at radius 1 is 1.32 bits per heavy atom. The second-order valence-corrected chi connectivity index (χ2v) is 5.59. The molecule has 1 saturated heterocycles. The molecule has 1 aromatic rings. The number of aromatic nitrogens is 2. The van der Waals surface area contributed by atoms with Crippen molar-refractivity contribution in [3.05, 3.63) is 24.3 Å². The van der Waals surface area contributed by atoms with E-state index in [4.69, 9.17) is 4.74 Å². The lowest BCUT2D eigenvalue weighted by molar-refractivity contribution is 0.00190. The predicted molar refractivity (Wildman–Crippen MR) is 84.6 cm³/mol. The average molecular weight is 306 g/mol. The summed E-state index contributed by atoms with van der Waals surface area (Å²) in [4.78, 5) is 22.6. The molecule has 6 heteroatoms. The summed E-state index contributed by atoms with van der Waals surface area (Å²) in [5, 5.41) is 3.02. The van der Waals surface area contributed by atoms with Crippen LogP contribution in [0.3, 0.4) is 0 Å². The SMILES string of the molecule is CCC(CC)C(CNC(=O)c1cnccn1)N1CCOCC1. The van der Waals surface area contributed by atoms with Gasteiger partial charge in [-0.1, -0.05) is 26.7 Å². The van der Waals surface area contributed by atoms with Crippen LogP contribution in [0.5, 0.6) is 0 Å². The predicted octanol–water partition coefficient (Wildman–Crippen LogP) is 1.34. The van der Waals surface area contributed by atoms with Gasteiger partial charge in [0.25, 0.3) is 5.91 Å². The summed E-state index contributed by atoms with van der Waals surface area (Å²) in [6.07, 6.45) is 6.82. The Morgan fingerprint density at radius 2 is 2.05 bits per heavy atom. The van der Waals surface area contributed by atoms with Crippen molar-refractivity contribution in [2.75, 3.05) is 32.8 Å². The first-order valence-electron chi connectivity index (χ1n) is 8.12. The molecule has 0 aliphatic carbocycles. The van der Waals surface area contributed by atoms with Crippen LogP contribution in [0.1, 0.15) is 37.2 Å². The Balaban J connectivity index is 1.98. The second-order valence-electron chi connectivity index (χ2n) is 5.59. The van der Waals surface area contributed by atoms with Crippen LogP contribution in [0.2, 0.25) is 0 Å². The molecule has 0 saturated carbocycles. The van der Waals surface area contributed by atoms with E-state index in [1.54, 1.807) is 6.20 Å². The van der Waals surface area contributed by atoms with Gasteiger partial charge in [-0.2, -0.15) is 0 Å². The van der Waals surface area contributed by atoms with Crippen LogP contribution in [-0.4, -0.2) is 59.7 Å². The Morgan fingerprint density at radius 3 is 2.64 bits per heavy atom. The summed E-state index contributed by atoms with van der Waals surface area (Å²) in [7, 11) is 0. The fourth-order valence-corrected chi connectivity index (χ4v) is 3.04. The number of hydrogen-bond acceptors (Lipinski definition) is 5. The fourth-order valence-electron chi connectivity index (χ4n) is 3.04. The largest absolute Gasteiger partial charge is 0.379 e. The first-order valence-corrected chi connectivity index (χ1v) is 8.12. The maximum Gasteiger partial charge on any atom is 0.271 e. The fraction of sp³-hybridized carbons (Fsp3) is 0.688. The van der Waals surface area contributed by atoms with E-state index >= 15 is 0 Å². The van der Waals surface area contributed by atoms with Crippen molar-refractivity contribution in [2.24, 2.45) is 5.92 Å². The molecule has 0 bridgehead atoms. The number of hydrogen-bond donors (Lipinski definition) is 1. The third-order valence-corrected chi connectivity index (χ3v) is 4.38. The van der Waals surface area contributed by atoms with Crippen LogP contribution < -0.4 is 5.32 Å². The van der Waals surface area contributed by atoms with Gasteiger partial charge in [0.05, 0.1) is 19.4 Å². The quantitative estimate of drug-likeness (QED) is 0.823. The molecule has 22 heavy (non-hydrogen) atoms. The Kier molecular flexibility index (Phi) is 6.74. The number of morpholine rings is 1. The number of ether oxygens (including phenoxy) is 1. The van der Waals surface area contributed by atoms with Crippen LogP contribution in [-0.2, 0) is 4.74 Å².